The van der Waals surface area contributed by atoms with E-state index in [0.717, 1.165) is 0 Å². The SMILES string of the molecule is CC(C)OC(=O)C1=C(N)CC(N)(Cl)C=C1. The Bertz CT molecular complexity index is 332. The molecule has 0 fully saturated rings. The van der Waals surface area contributed by atoms with E-state index in [1.54, 1.807) is 19.9 Å². The van der Waals surface area contributed by atoms with Gasteiger partial charge in [-0.25, -0.2) is 4.79 Å². The van der Waals surface area contributed by atoms with E-state index in [4.69, 9.17) is 27.8 Å². The first-order valence-corrected chi connectivity index (χ1v) is 5.06. The molecule has 1 unspecified atom stereocenters. The van der Waals surface area contributed by atoms with Gasteiger partial charge in [0.2, 0.25) is 0 Å². The number of halogens is 1. The second kappa shape index (κ2) is 4.24. The van der Waals surface area contributed by atoms with Crippen LogP contribution in [0.4, 0.5) is 0 Å². The van der Waals surface area contributed by atoms with Crippen molar-refractivity contribution >= 4 is 17.6 Å². The molecular formula is C10H15ClN2O2. The molecule has 4 nitrogen and oxygen atoms in total. The lowest BCUT2D eigenvalue weighted by atomic mass is 10.00. The number of hydrogen-bond donors (Lipinski definition) is 2. The van der Waals surface area contributed by atoms with Crippen molar-refractivity contribution in [2.75, 3.05) is 0 Å². The van der Waals surface area contributed by atoms with Gasteiger partial charge in [0.15, 0.2) is 0 Å². The summed E-state index contributed by atoms with van der Waals surface area (Å²) in [6.45, 7) is 3.55. The monoisotopic (exact) mass is 230 g/mol. The molecule has 0 bridgehead atoms. The first kappa shape index (κ1) is 12.1. The summed E-state index contributed by atoms with van der Waals surface area (Å²) in [5.74, 6) is -0.439. The van der Waals surface area contributed by atoms with Crippen LogP contribution in [0.2, 0.25) is 0 Å². The fourth-order valence-corrected chi connectivity index (χ4v) is 1.46. The number of esters is 1. The highest BCUT2D eigenvalue weighted by Gasteiger charge is 2.27. The minimum Gasteiger partial charge on any atom is -0.459 e. The number of rotatable bonds is 2. The Morgan fingerprint density at radius 1 is 1.67 bits per heavy atom. The standard InChI is InChI=1S/C10H15ClN2O2/c1-6(2)15-9(14)7-3-4-10(11,13)5-8(7)12/h3-4,6H,5,12-13H2,1-2H3. The van der Waals surface area contributed by atoms with Gasteiger partial charge in [-0.15, -0.1) is 0 Å². The molecule has 0 aromatic carbocycles. The van der Waals surface area contributed by atoms with E-state index in [2.05, 4.69) is 0 Å². The van der Waals surface area contributed by atoms with E-state index < -0.39 is 11.0 Å². The van der Waals surface area contributed by atoms with E-state index in [1.165, 1.54) is 6.08 Å². The second-order valence-electron chi connectivity index (χ2n) is 3.83. The van der Waals surface area contributed by atoms with Crippen molar-refractivity contribution in [2.24, 2.45) is 11.5 Å². The van der Waals surface area contributed by atoms with E-state index in [-0.39, 0.29) is 12.5 Å². The average Bonchev–Trinajstić information content (AvgIpc) is 1.99. The molecule has 15 heavy (non-hydrogen) atoms. The molecular weight excluding hydrogens is 216 g/mol. The molecule has 0 aromatic heterocycles. The van der Waals surface area contributed by atoms with Gasteiger partial charge in [0.05, 0.1) is 11.7 Å². The molecule has 1 atom stereocenters. The van der Waals surface area contributed by atoms with Crippen molar-refractivity contribution in [3.8, 4) is 0 Å². The molecule has 4 N–H and O–H groups in total. The quantitative estimate of drug-likeness (QED) is 0.422. The molecule has 0 saturated carbocycles. The van der Waals surface area contributed by atoms with Crippen molar-refractivity contribution in [2.45, 2.75) is 31.4 Å². The fourth-order valence-electron chi connectivity index (χ4n) is 1.25. The third-order valence-corrected chi connectivity index (χ3v) is 2.16. The topological polar surface area (TPSA) is 78.3 Å². The number of nitrogens with two attached hydrogens (primary N) is 2. The predicted molar refractivity (Wildman–Crippen MR) is 59.0 cm³/mol. The average molecular weight is 231 g/mol. The van der Waals surface area contributed by atoms with Gasteiger partial charge in [-0.2, -0.15) is 0 Å². The van der Waals surface area contributed by atoms with Crippen molar-refractivity contribution in [3.63, 3.8) is 0 Å². The Hall–Kier alpha value is -1.00. The molecule has 1 aliphatic carbocycles. The van der Waals surface area contributed by atoms with Crippen molar-refractivity contribution in [1.82, 2.24) is 0 Å². The minimum absolute atomic E-state index is 0.174. The lowest BCUT2D eigenvalue weighted by Gasteiger charge is -2.23. The molecule has 0 heterocycles. The maximum atomic E-state index is 11.5. The number of hydrogen-bond acceptors (Lipinski definition) is 4. The van der Waals surface area contributed by atoms with E-state index in [1.807, 2.05) is 0 Å². The number of carbonyl (C=O) groups is 1. The maximum absolute atomic E-state index is 11.5. The Morgan fingerprint density at radius 2 is 2.27 bits per heavy atom. The third kappa shape index (κ3) is 3.25. The van der Waals surface area contributed by atoms with Crippen molar-refractivity contribution in [1.29, 1.82) is 0 Å². The Labute approximate surface area is 93.9 Å². The zero-order valence-corrected chi connectivity index (χ0v) is 9.54. The van der Waals surface area contributed by atoms with Gasteiger partial charge in [-0.05, 0) is 26.0 Å². The molecule has 0 radical (unpaired) electrons. The minimum atomic E-state index is -0.994. The molecule has 0 aliphatic heterocycles. The molecule has 1 rings (SSSR count). The molecule has 5 heteroatoms. The van der Waals surface area contributed by atoms with Crippen LogP contribution in [-0.2, 0) is 9.53 Å². The number of carbonyl (C=O) groups excluding carboxylic acids is 1. The van der Waals surface area contributed by atoms with Crippen LogP contribution in [0, 0.1) is 0 Å². The Morgan fingerprint density at radius 3 is 2.73 bits per heavy atom. The lowest BCUT2D eigenvalue weighted by molar-refractivity contribution is -0.142. The lowest BCUT2D eigenvalue weighted by Crippen LogP contribution is -2.35. The smallest absolute Gasteiger partial charge is 0.340 e. The van der Waals surface area contributed by atoms with Gasteiger partial charge in [0, 0.05) is 12.1 Å². The van der Waals surface area contributed by atoms with Gasteiger partial charge in [0.25, 0.3) is 0 Å². The molecule has 0 aromatic rings. The zero-order valence-electron chi connectivity index (χ0n) is 8.79. The fraction of sp³-hybridized carbons (Fsp3) is 0.500. The Kier molecular flexibility index (Phi) is 3.42. The largest absolute Gasteiger partial charge is 0.459 e. The normalized spacial score (nSPS) is 25.9. The van der Waals surface area contributed by atoms with Crippen LogP contribution < -0.4 is 11.5 Å². The van der Waals surface area contributed by atoms with Gasteiger partial charge < -0.3 is 16.2 Å². The summed E-state index contributed by atoms with van der Waals surface area (Å²) in [6, 6.07) is 0. The Balaban J connectivity index is 2.81. The summed E-state index contributed by atoms with van der Waals surface area (Å²) in [5, 5.41) is 0. The van der Waals surface area contributed by atoms with Gasteiger partial charge in [-0.1, -0.05) is 11.6 Å². The number of alkyl halides is 1. The highest BCUT2D eigenvalue weighted by molar-refractivity contribution is 6.25. The van der Waals surface area contributed by atoms with Gasteiger partial charge in [-0.3, -0.25) is 0 Å². The highest BCUT2D eigenvalue weighted by Crippen LogP contribution is 2.26. The summed E-state index contributed by atoms with van der Waals surface area (Å²) in [6.07, 6.45) is 3.12. The summed E-state index contributed by atoms with van der Waals surface area (Å²) in [5.41, 5.74) is 12.0. The van der Waals surface area contributed by atoms with E-state index in [9.17, 15) is 4.79 Å². The first-order valence-electron chi connectivity index (χ1n) is 4.68. The highest BCUT2D eigenvalue weighted by atomic mass is 35.5. The summed E-state index contributed by atoms with van der Waals surface area (Å²) >= 11 is 5.87. The predicted octanol–water partition coefficient (Wildman–Crippen LogP) is 1.00. The van der Waals surface area contributed by atoms with Crippen LogP contribution in [0.1, 0.15) is 20.3 Å². The molecule has 84 valence electrons. The molecule has 0 saturated heterocycles. The van der Waals surface area contributed by atoms with Gasteiger partial charge in [0.1, 0.15) is 5.00 Å². The second-order valence-corrected chi connectivity index (χ2v) is 4.53. The van der Waals surface area contributed by atoms with Crippen molar-refractivity contribution < 1.29 is 9.53 Å². The van der Waals surface area contributed by atoms with Crippen LogP contribution in [0.3, 0.4) is 0 Å². The van der Waals surface area contributed by atoms with Crippen LogP contribution in [0.5, 0.6) is 0 Å². The summed E-state index contributed by atoms with van der Waals surface area (Å²) in [7, 11) is 0. The third-order valence-electron chi connectivity index (χ3n) is 1.90. The summed E-state index contributed by atoms with van der Waals surface area (Å²) in [4.78, 5) is 10.5. The molecule has 1 aliphatic rings. The van der Waals surface area contributed by atoms with Crippen LogP contribution in [0.15, 0.2) is 23.4 Å². The summed E-state index contributed by atoms with van der Waals surface area (Å²) < 4.78 is 5.02. The number of ether oxygens (including phenoxy) is 1. The maximum Gasteiger partial charge on any atom is 0.340 e. The van der Waals surface area contributed by atoms with Crippen molar-refractivity contribution in [3.05, 3.63) is 23.4 Å². The zero-order chi connectivity index (χ0) is 11.6. The molecule has 0 spiro atoms. The van der Waals surface area contributed by atoms with Crippen LogP contribution in [0.25, 0.3) is 0 Å². The molecule has 0 amide bonds. The van der Waals surface area contributed by atoms with Gasteiger partial charge >= 0.3 is 5.97 Å². The first-order chi connectivity index (χ1) is 6.82. The van der Waals surface area contributed by atoms with Crippen LogP contribution in [-0.4, -0.2) is 17.1 Å². The van der Waals surface area contributed by atoms with E-state index in [0.29, 0.717) is 11.3 Å². The van der Waals surface area contributed by atoms with E-state index >= 15 is 0 Å². The van der Waals surface area contributed by atoms with Crippen LogP contribution >= 0.6 is 11.6 Å².